The van der Waals surface area contributed by atoms with Gasteiger partial charge in [0.2, 0.25) is 0 Å². The molecule has 1 aliphatic heterocycles. The second kappa shape index (κ2) is 8.25. The average molecular weight is 435 g/mol. The quantitative estimate of drug-likeness (QED) is 0.404. The Morgan fingerprint density at radius 2 is 1.61 bits per heavy atom. The number of hydrogen-bond acceptors (Lipinski definition) is 2. The third-order valence-electron chi connectivity index (χ3n) is 8.63. The summed E-state index contributed by atoms with van der Waals surface area (Å²) in [6.07, 6.45) is 5.32. The van der Waals surface area contributed by atoms with E-state index in [0.717, 1.165) is 28.4 Å². The Balaban J connectivity index is 1.39. The number of piperidine rings is 1. The molecule has 33 heavy (non-hydrogen) atoms. The lowest BCUT2D eigenvalue weighted by Gasteiger charge is -2.54. The summed E-state index contributed by atoms with van der Waals surface area (Å²) in [6, 6.07) is 28.9. The Morgan fingerprint density at radius 3 is 2.24 bits per heavy atom. The molecule has 2 fully saturated rings. The summed E-state index contributed by atoms with van der Waals surface area (Å²) in [5, 5.41) is 0. The summed E-state index contributed by atoms with van der Waals surface area (Å²) in [5.41, 5.74) is 7.76. The molecule has 1 saturated heterocycles. The van der Waals surface area contributed by atoms with Crippen LogP contribution in [0.5, 0.6) is 0 Å². The SMILES string of the molecule is C[C@@H]1[C@@H]2Cc3ccc(N=C(c4ccccc4)c4ccccc4)cc3[C@@]1(C)CCN2CC1CC1. The number of fused-ring (bicyclic) bond motifs is 4. The molecule has 2 heteroatoms. The van der Waals surface area contributed by atoms with Gasteiger partial charge >= 0.3 is 0 Å². The molecule has 2 nitrogen and oxygen atoms in total. The maximum atomic E-state index is 5.24. The summed E-state index contributed by atoms with van der Waals surface area (Å²) in [7, 11) is 0. The molecule has 2 bridgehead atoms. The summed E-state index contributed by atoms with van der Waals surface area (Å²) < 4.78 is 0. The van der Waals surface area contributed by atoms with Gasteiger partial charge in [0.15, 0.2) is 0 Å². The van der Waals surface area contributed by atoms with E-state index in [1.54, 1.807) is 11.1 Å². The Kier molecular flexibility index (Phi) is 5.22. The van der Waals surface area contributed by atoms with Crippen LogP contribution in [0.15, 0.2) is 83.9 Å². The van der Waals surface area contributed by atoms with Gasteiger partial charge in [0.25, 0.3) is 0 Å². The topological polar surface area (TPSA) is 15.6 Å². The van der Waals surface area contributed by atoms with Crippen LogP contribution < -0.4 is 0 Å². The molecule has 1 heterocycles. The summed E-state index contributed by atoms with van der Waals surface area (Å²) in [6.45, 7) is 7.58. The van der Waals surface area contributed by atoms with Crippen molar-refractivity contribution < 1.29 is 0 Å². The van der Waals surface area contributed by atoms with Crippen molar-refractivity contribution in [2.24, 2.45) is 16.8 Å². The second-order valence-corrected chi connectivity index (χ2v) is 10.7. The van der Waals surface area contributed by atoms with Crippen LogP contribution in [0, 0.1) is 11.8 Å². The molecule has 1 saturated carbocycles. The molecular weight excluding hydrogens is 400 g/mol. The van der Waals surface area contributed by atoms with E-state index < -0.39 is 0 Å². The number of nitrogens with zero attached hydrogens (tertiary/aromatic N) is 2. The Bertz CT molecular complexity index is 1120. The van der Waals surface area contributed by atoms with Gasteiger partial charge in [0, 0.05) is 23.7 Å². The maximum Gasteiger partial charge on any atom is 0.0781 e. The zero-order chi connectivity index (χ0) is 22.4. The van der Waals surface area contributed by atoms with Gasteiger partial charge in [-0.05, 0) is 72.7 Å². The van der Waals surface area contributed by atoms with Gasteiger partial charge < -0.3 is 0 Å². The second-order valence-electron chi connectivity index (χ2n) is 10.7. The van der Waals surface area contributed by atoms with Crippen LogP contribution in [-0.4, -0.2) is 29.7 Å². The Labute approximate surface area is 198 Å². The minimum Gasteiger partial charge on any atom is -0.299 e. The van der Waals surface area contributed by atoms with E-state index in [4.69, 9.17) is 4.99 Å². The summed E-state index contributed by atoms with van der Waals surface area (Å²) in [5.74, 6) is 1.65. The molecule has 0 spiro atoms. The highest BCUT2D eigenvalue weighted by Crippen LogP contribution is 2.50. The average Bonchev–Trinajstić information content (AvgIpc) is 3.67. The highest BCUT2D eigenvalue weighted by molar-refractivity contribution is 6.13. The third-order valence-corrected chi connectivity index (χ3v) is 8.63. The van der Waals surface area contributed by atoms with Crippen molar-refractivity contribution in [2.75, 3.05) is 13.1 Å². The lowest BCUT2D eigenvalue weighted by atomic mass is 9.59. The molecule has 0 aromatic heterocycles. The van der Waals surface area contributed by atoms with E-state index >= 15 is 0 Å². The number of rotatable bonds is 5. The van der Waals surface area contributed by atoms with E-state index in [-0.39, 0.29) is 5.41 Å². The van der Waals surface area contributed by atoms with Gasteiger partial charge in [-0.15, -0.1) is 0 Å². The molecule has 3 aliphatic rings. The molecule has 168 valence electrons. The van der Waals surface area contributed by atoms with Crippen LogP contribution in [0.2, 0.25) is 0 Å². The van der Waals surface area contributed by atoms with Crippen LogP contribution in [0.25, 0.3) is 0 Å². The first-order valence-electron chi connectivity index (χ1n) is 12.7. The third kappa shape index (κ3) is 3.85. The summed E-state index contributed by atoms with van der Waals surface area (Å²) in [4.78, 5) is 8.06. The minimum absolute atomic E-state index is 0.240. The largest absolute Gasteiger partial charge is 0.299 e. The molecule has 0 amide bonds. The van der Waals surface area contributed by atoms with Crippen molar-refractivity contribution in [1.82, 2.24) is 4.90 Å². The van der Waals surface area contributed by atoms with Crippen molar-refractivity contribution >= 4 is 11.4 Å². The molecular formula is C31H34N2. The van der Waals surface area contributed by atoms with Crippen molar-refractivity contribution in [3.05, 3.63) is 101 Å². The van der Waals surface area contributed by atoms with Gasteiger partial charge in [-0.2, -0.15) is 0 Å². The number of likely N-dealkylation sites (tertiary alicyclic amines) is 1. The standard InChI is InChI=1S/C31H34N2/c1-22-29-19-26-15-16-27(20-28(26)31(22,2)17-18-33(29)21-23-13-14-23)32-30(24-9-5-3-6-10-24)25-11-7-4-8-12-25/h3-12,15-16,20,22-23,29H,13-14,17-19,21H2,1-2H3/t22-,29+,31+/m1/s1. The van der Waals surface area contributed by atoms with Gasteiger partial charge in [0.1, 0.15) is 0 Å². The Hall–Kier alpha value is -2.71. The fourth-order valence-corrected chi connectivity index (χ4v) is 6.24. The van der Waals surface area contributed by atoms with Gasteiger partial charge in [-0.3, -0.25) is 4.90 Å². The first-order chi connectivity index (χ1) is 16.1. The number of aliphatic imine (C=N–C) groups is 1. The molecule has 0 unspecified atom stereocenters. The Morgan fingerprint density at radius 1 is 0.939 bits per heavy atom. The van der Waals surface area contributed by atoms with Gasteiger partial charge in [0.05, 0.1) is 11.4 Å². The monoisotopic (exact) mass is 434 g/mol. The van der Waals surface area contributed by atoms with Crippen LogP contribution in [0.3, 0.4) is 0 Å². The highest BCUT2D eigenvalue weighted by atomic mass is 15.2. The fraction of sp³-hybridized carbons (Fsp3) is 0.387. The minimum atomic E-state index is 0.240. The molecule has 2 aliphatic carbocycles. The first kappa shape index (κ1) is 20.9. The van der Waals surface area contributed by atoms with E-state index in [2.05, 4.69) is 97.6 Å². The van der Waals surface area contributed by atoms with E-state index in [0.29, 0.717) is 12.0 Å². The van der Waals surface area contributed by atoms with E-state index in [1.807, 2.05) is 0 Å². The molecule has 0 N–H and O–H groups in total. The van der Waals surface area contributed by atoms with Gasteiger partial charge in [-0.25, -0.2) is 4.99 Å². The van der Waals surface area contributed by atoms with Crippen LogP contribution in [0.4, 0.5) is 5.69 Å². The fourth-order valence-electron chi connectivity index (χ4n) is 6.24. The van der Waals surface area contributed by atoms with Gasteiger partial charge in [-0.1, -0.05) is 80.6 Å². The van der Waals surface area contributed by atoms with Crippen molar-refractivity contribution in [1.29, 1.82) is 0 Å². The predicted molar refractivity (Wildman–Crippen MR) is 138 cm³/mol. The highest BCUT2D eigenvalue weighted by Gasteiger charge is 2.49. The normalized spacial score (nSPS) is 26.5. The van der Waals surface area contributed by atoms with Crippen molar-refractivity contribution in [3.63, 3.8) is 0 Å². The van der Waals surface area contributed by atoms with E-state index in [9.17, 15) is 0 Å². The molecule has 3 aromatic rings. The van der Waals surface area contributed by atoms with E-state index in [1.165, 1.54) is 38.8 Å². The molecule has 3 atom stereocenters. The molecule has 6 rings (SSSR count). The zero-order valence-electron chi connectivity index (χ0n) is 19.9. The smallest absolute Gasteiger partial charge is 0.0781 e. The zero-order valence-corrected chi connectivity index (χ0v) is 19.9. The molecule has 0 radical (unpaired) electrons. The number of hydrogen-bond donors (Lipinski definition) is 0. The first-order valence-corrected chi connectivity index (χ1v) is 12.7. The van der Waals surface area contributed by atoms with Crippen molar-refractivity contribution in [3.8, 4) is 0 Å². The number of benzene rings is 3. The van der Waals surface area contributed by atoms with Crippen LogP contribution in [0.1, 0.15) is 55.4 Å². The maximum absolute atomic E-state index is 5.24. The summed E-state index contributed by atoms with van der Waals surface area (Å²) >= 11 is 0. The van der Waals surface area contributed by atoms with Crippen molar-refractivity contribution in [2.45, 2.75) is 51.0 Å². The molecule has 3 aromatic carbocycles. The van der Waals surface area contributed by atoms with Crippen LogP contribution >= 0.6 is 0 Å². The lowest BCUT2D eigenvalue weighted by molar-refractivity contribution is 0.0284. The lowest BCUT2D eigenvalue weighted by Crippen LogP contribution is -2.58. The van der Waals surface area contributed by atoms with Crippen LogP contribution in [-0.2, 0) is 11.8 Å². The predicted octanol–water partition coefficient (Wildman–Crippen LogP) is 6.79.